The molecule has 9 aromatic rings. The highest BCUT2D eigenvalue weighted by atomic mass is 27.3. The molecule has 5 nitrogen and oxygen atoms in total. The Morgan fingerprint density at radius 3 is 1.48 bits per heavy atom. The van der Waals surface area contributed by atoms with Gasteiger partial charge >= 0.3 is 15.1 Å². The van der Waals surface area contributed by atoms with E-state index in [1.54, 1.807) is 0 Å². The smallest absolute Gasteiger partial charge is 0.577 e. The Hall–Kier alpha value is -6.19. The number of aromatic nitrogens is 2. The van der Waals surface area contributed by atoms with Gasteiger partial charge in [0.2, 0.25) is 0 Å². The van der Waals surface area contributed by atoms with E-state index in [9.17, 15) is 0 Å². The number of pyridine rings is 2. The third-order valence-electron chi connectivity index (χ3n) is 9.50. The first kappa shape index (κ1) is 31.8. The molecular formula is C46H33AlN2O3. The summed E-state index contributed by atoms with van der Waals surface area (Å²) in [6.07, 6.45) is 0. The molecule has 0 unspecified atom stereocenters. The average molecular weight is 689 g/mol. The predicted octanol–water partition coefficient (Wildman–Crippen LogP) is 11.6. The maximum atomic E-state index is 6.84. The van der Waals surface area contributed by atoms with Gasteiger partial charge in [-0.1, -0.05) is 133 Å². The molecule has 0 amide bonds. The van der Waals surface area contributed by atoms with Crippen molar-refractivity contribution in [2.45, 2.75) is 13.8 Å². The molecule has 248 valence electrons. The molecule has 6 heteroatoms. The fourth-order valence-electron chi connectivity index (χ4n) is 6.94. The molecule has 9 rings (SSSR count). The molecule has 0 aliphatic carbocycles. The number of fused-ring (bicyclic) bond motifs is 4. The second-order valence-electron chi connectivity index (χ2n) is 13.0. The second-order valence-corrected chi connectivity index (χ2v) is 14.2. The molecule has 0 bridgehead atoms. The van der Waals surface area contributed by atoms with Crippen LogP contribution in [0.25, 0.3) is 65.6 Å². The zero-order chi connectivity index (χ0) is 35.0. The summed E-state index contributed by atoms with van der Waals surface area (Å²) in [4.78, 5) is 9.63. The summed E-state index contributed by atoms with van der Waals surface area (Å²) in [7, 11) is 0. The summed E-state index contributed by atoms with van der Waals surface area (Å²) < 4.78 is 20.3. The van der Waals surface area contributed by atoms with Crippen LogP contribution in [0, 0.1) is 13.8 Å². The summed E-state index contributed by atoms with van der Waals surface area (Å²) >= 11 is -3.00. The molecule has 0 saturated heterocycles. The van der Waals surface area contributed by atoms with Crippen LogP contribution in [-0.4, -0.2) is 25.1 Å². The van der Waals surface area contributed by atoms with Crippen molar-refractivity contribution < 1.29 is 11.4 Å². The van der Waals surface area contributed by atoms with E-state index in [2.05, 4.69) is 103 Å². The van der Waals surface area contributed by atoms with Gasteiger partial charge < -0.3 is 11.4 Å². The Kier molecular flexibility index (Phi) is 8.25. The van der Waals surface area contributed by atoms with Crippen molar-refractivity contribution in [3.63, 3.8) is 0 Å². The van der Waals surface area contributed by atoms with Crippen molar-refractivity contribution in [3.05, 3.63) is 175 Å². The first-order chi connectivity index (χ1) is 25.6. The first-order valence-corrected chi connectivity index (χ1v) is 18.8. The van der Waals surface area contributed by atoms with Crippen LogP contribution in [0.2, 0.25) is 0 Å². The lowest BCUT2D eigenvalue weighted by Crippen LogP contribution is -2.37. The van der Waals surface area contributed by atoms with E-state index in [0.29, 0.717) is 17.2 Å². The van der Waals surface area contributed by atoms with Gasteiger partial charge in [0.15, 0.2) is 0 Å². The maximum absolute atomic E-state index is 6.84. The standard InChI is InChI=1S/C26H18O.2C10H9NO.Al/c27-26-17-16-23(24-9-3-4-10-25(24)26)20-14-12-19(13-15-20)22-11-5-7-18-6-1-2-8-21(18)22;2*1-7-5-6-8-3-2-4-9(12)10(8)11-7;/h1-17,27H;2*2-6,12H,1H3;/q;;;+3/p-3. The van der Waals surface area contributed by atoms with Crippen LogP contribution < -0.4 is 11.4 Å². The van der Waals surface area contributed by atoms with Crippen LogP contribution in [-0.2, 0) is 0 Å². The lowest BCUT2D eigenvalue weighted by Gasteiger charge is -2.20. The highest BCUT2D eigenvalue weighted by Crippen LogP contribution is 2.37. The minimum absolute atomic E-state index is 0.620. The van der Waals surface area contributed by atoms with E-state index in [1.807, 2.05) is 74.5 Å². The van der Waals surface area contributed by atoms with E-state index in [1.165, 1.54) is 21.9 Å². The molecule has 0 N–H and O–H groups in total. The zero-order valence-corrected chi connectivity index (χ0v) is 29.9. The summed E-state index contributed by atoms with van der Waals surface area (Å²) in [5, 5.41) is 6.51. The monoisotopic (exact) mass is 688 g/mol. The summed E-state index contributed by atoms with van der Waals surface area (Å²) in [6, 6.07) is 56.3. The van der Waals surface area contributed by atoms with Crippen LogP contribution in [0.1, 0.15) is 11.4 Å². The van der Waals surface area contributed by atoms with Crippen molar-refractivity contribution >= 4 is 58.5 Å². The number of hydrogen-bond donors (Lipinski definition) is 0. The van der Waals surface area contributed by atoms with Gasteiger partial charge in [0.05, 0.1) is 5.75 Å². The quantitative estimate of drug-likeness (QED) is 0.149. The van der Waals surface area contributed by atoms with Gasteiger partial charge in [-0.25, -0.2) is 9.97 Å². The number of benzene rings is 7. The molecule has 0 spiro atoms. The second kappa shape index (κ2) is 13.5. The summed E-state index contributed by atoms with van der Waals surface area (Å²) in [6.45, 7) is 3.96. The number of nitrogens with zero attached hydrogens (tertiary/aromatic N) is 2. The van der Waals surface area contributed by atoms with Crippen LogP contribution in [0.15, 0.2) is 164 Å². The number of para-hydroxylation sites is 2. The normalized spacial score (nSPS) is 11.3. The maximum Gasteiger partial charge on any atom is 1.20 e. The fourth-order valence-corrected chi connectivity index (χ4v) is 8.29. The molecule has 52 heavy (non-hydrogen) atoms. The van der Waals surface area contributed by atoms with Gasteiger partial charge in [0.25, 0.3) is 0 Å². The van der Waals surface area contributed by atoms with E-state index >= 15 is 0 Å². The minimum Gasteiger partial charge on any atom is -0.577 e. The number of aryl methyl sites for hydroxylation is 2. The van der Waals surface area contributed by atoms with Gasteiger partial charge in [0.1, 0.15) is 22.5 Å². The molecular weight excluding hydrogens is 655 g/mol. The summed E-state index contributed by atoms with van der Waals surface area (Å²) in [5.41, 5.74) is 8.01. The van der Waals surface area contributed by atoms with Gasteiger partial charge in [-0.15, -0.1) is 0 Å². The molecule has 0 aliphatic heterocycles. The van der Waals surface area contributed by atoms with Crippen LogP contribution in [0.5, 0.6) is 17.2 Å². The van der Waals surface area contributed by atoms with Gasteiger partial charge in [0, 0.05) is 27.5 Å². The minimum atomic E-state index is -3.00. The van der Waals surface area contributed by atoms with Gasteiger partial charge in [-0.2, -0.15) is 0 Å². The molecule has 0 aliphatic rings. The van der Waals surface area contributed by atoms with Crippen LogP contribution >= 0.6 is 0 Å². The van der Waals surface area contributed by atoms with E-state index < -0.39 is 15.1 Å². The van der Waals surface area contributed by atoms with Gasteiger partial charge in [-0.3, -0.25) is 0 Å². The Balaban J connectivity index is 1.10. The predicted molar refractivity (Wildman–Crippen MR) is 213 cm³/mol. The van der Waals surface area contributed by atoms with Gasteiger partial charge in [-0.05, 0) is 82.6 Å². The third-order valence-corrected chi connectivity index (χ3v) is 10.8. The lowest BCUT2D eigenvalue weighted by molar-refractivity contribution is 0.311. The zero-order valence-electron chi connectivity index (χ0n) is 28.8. The Morgan fingerprint density at radius 2 is 0.846 bits per heavy atom. The third kappa shape index (κ3) is 6.09. The van der Waals surface area contributed by atoms with Crippen LogP contribution in [0.4, 0.5) is 0 Å². The van der Waals surface area contributed by atoms with Crippen molar-refractivity contribution in [1.82, 2.24) is 9.97 Å². The molecule has 0 fully saturated rings. The molecule has 7 aromatic carbocycles. The fraction of sp³-hybridized carbons (Fsp3) is 0.0435. The Bertz CT molecular complexity index is 2670. The highest BCUT2D eigenvalue weighted by molar-refractivity contribution is 6.40. The number of hydrogen-bond acceptors (Lipinski definition) is 5. The van der Waals surface area contributed by atoms with Crippen molar-refractivity contribution in [3.8, 4) is 39.5 Å². The average Bonchev–Trinajstić information content (AvgIpc) is 3.18. The highest BCUT2D eigenvalue weighted by Gasteiger charge is 2.45. The SMILES string of the molecule is Cc1ccc2cccc([O][Al]([O]c3ccc(-c4ccc(-c5cccc6ccccc56)cc4)c4ccccc34)[O]c3cccc4ccc(C)nc34)c2n1. The topological polar surface area (TPSA) is 53.5 Å². The lowest BCUT2D eigenvalue weighted by atomic mass is 9.94. The van der Waals surface area contributed by atoms with Crippen molar-refractivity contribution in [2.24, 2.45) is 0 Å². The Labute approximate surface area is 307 Å². The van der Waals surface area contributed by atoms with E-state index in [4.69, 9.17) is 21.3 Å². The van der Waals surface area contributed by atoms with Crippen molar-refractivity contribution in [2.75, 3.05) is 0 Å². The molecule has 2 aromatic heterocycles. The number of rotatable bonds is 8. The largest absolute Gasteiger partial charge is 1.20 e. The molecule has 0 atom stereocenters. The van der Waals surface area contributed by atoms with Crippen LogP contribution in [0.3, 0.4) is 0 Å². The molecule has 0 saturated carbocycles. The van der Waals surface area contributed by atoms with E-state index in [0.717, 1.165) is 55.1 Å². The van der Waals surface area contributed by atoms with Crippen molar-refractivity contribution in [1.29, 1.82) is 0 Å². The first-order valence-electron chi connectivity index (χ1n) is 17.4. The Morgan fingerprint density at radius 1 is 0.365 bits per heavy atom. The molecule has 2 heterocycles. The summed E-state index contributed by atoms with van der Waals surface area (Å²) in [5.74, 6) is 1.93. The molecule has 0 radical (unpaired) electrons. The van der Waals surface area contributed by atoms with E-state index in [-0.39, 0.29) is 0 Å².